The Kier molecular flexibility index (Phi) is 5.67. The van der Waals surface area contributed by atoms with Gasteiger partial charge in [0.25, 0.3) is 5.91 Å². The van der Waals surface area contributed by atoms with Crippen molar-refractivity contribution in [3.05, 3.63) is 49.6 Å². The quantitative estimate of drug-likeness (QED) is 0.740. The summed E-state index contributed by atoms with van der Waals surface area (Å²) in [6.07, 6.45) is 3.13. The summed E-state index contributed by atoms with van der Waals surface area (Å²) in [6.45, 7) is 1.82. The van der Waals surface area contributed by atoms with Gasteiger partial charge in [-0.1, -0.05) is 36.2 Å². The van der Waals surface area contributed by atoms with Gasteiger partial charge in [0.15, 0.2) is 6.61 Å². The van der Waals surface area contributed by atoms with E-state index in [0.29, 0.717) is 26.5 Å². The van der Waals surface area contributed by atoms with Gasteiger partial charge < -0.3 is 10.1 Å². The second-order valence-electron chi connectivity index (χ2n) is 6.13. The Balaban J connectivity index is 1.58. The lowest BCUT2D eigenvalue weighted by Gasteiger charge is -2.16. The molecule has 1 heterocycles. The summed E-state index contributed by atoms with van der Waals surface area (Å²) in [6, 6.07) is 6.80. The lowest BCUT2D eigenvalue weighted by molar-refractivity contribution is -0.119. The standard InChI is InChI=1S/C18H17Cl2NO3S/c1-10-5-6-14-11(7-10)8-15(25-14)18(23)24-9-16(22)21-17-12(19)3-2-4-13(17)20/h2-4,8,10H,5-7,9H2,1H3,(H,21,22)/t10-/m0/s1. The highest BCUT2D eigenvalue weighted by atomic mass is 35.5. The first kappa shape index (κ1) is 18.2. The Morgan fingerprint density at radius 1 is 1.32 bits per heavy atom. The summed E-state index contributed by atoms with van der Waals surface area (Å²) in [5.74, 6) is -0.331. The third-order valence-corrected chi connectivity index (χ3v) is 5.94. The molecule has 1 aliphatic rings. The second kappa shape index (κ2) is 7.77. The zero-order valence-electron chi connectivity index (χ0n) is 13.6. The molecule has 0 bridgehead atoms. The molecule has 0 saturated heterocycles. The number of hydrogen-bond donors (Lipinski definition) is 1. The lowest BCUT2D eigenvalue weighted by Crippen LogP contribution is -2.21. The van der Waals surface area contributed by atoms with Crippen molar-refractivity contribution < 1.29 is 14.3 Å². The number of carbonyl (C=O) groups is 2. The third-order valence-electron chi connectivity index (χ3n) is 4.09. The zero-order valence-corrected chi connectivity index (χ0v) is 15.9. The second-order valence-corrected chi connectivity index (χ2v) is 8.08. The van der Waals surface area contributed by atoms with E-state index in [2.05, 4.69) is 12.2 Å². The number of nitrogens with one attached hydrogen (secondary N) is 1. The number of aryl methyl sites for hydroxylation is 1. The Labute approximate surface area is 160 Å². The van der Waals surface area contributed by atoms with Gasteiger partial charge in [-0.3, -0.25) is 4.79 Å². The van der Waals surface area contributed by atoms with Gasteiger partial charge in [0, 0.05) is 4.88 Å². The smallest absolute Gasteiger partial charge is 0.348 e. The van der Waals surface area contributed by atoms with Crippen molar-refractivity contribution in [2.24, 2.45) is 5.92 Å². The molecule has 0 aliphatic heterocycles. The molecule has 1 N–H and O–H groups in total. The van der Waals surface area contributed by atoms with Gasteiger partial charge in [-0.2, -0.15) is 0 Å². The fourth-order valence-electron chi connectivity index (χ4n) is 2.80. The highest BCUT2D eigenvalue weighted by Crippen LogP contribution is 2.32. The van der Waals surface area contributed by atoms with Crippen molar-refractivity contribution in [3.63, 3.8) is 0 Å². The van der Waals surface area contributed by atoms with Gasteiger partial charge in [0.05, 0.1) is 15.7 Å². The number of anilines is 1. The Morgan fingerprint density at radius 3 is 2.76 bits per heavy atom. The summed E-state index contributed by atoms with van der Waals surface area (Å²) in [4.78, 5) is 26.0. The number of halogens is 2. The summed E-state index contributed by atoms with van der Waals surface area (Å²) in [5, 5.41) is 3.22. The number of benzene rings is 1. The Morgan fingerprint density at radius 2 is 2.04 bits per heavy atom. The number of ether oxygens (including phenoxy) is 1. The molecule has 3 rings (SSSR count). The molecule has 0 saturated carbocycles. The van der Waals surface area contributed by atoms with E-state index in [1.54, 1.807) is 18.2 Å². The fourth-order valence-corrected chi connectivity index (χ4v) is 4.40. The summed E-state index contributed by atoms with van der Waals surface area (Å²) in [5.41, 5.74) is 1.54. The van der Waals surface area contributed by atoms with Crippen molar-refractivity contribution in [1.29, 1.82) is 0 Å². The largest absolute Gasteiger partial charge is 0.451 e. The number of esters is 1. The molecule has 0 spiro atoms. The van der Waals surface area contributed by atoms with Gasteiger partial charge in [-0.05, 0) is 48.9 Å². The number of para-hydroxylation sites is 1. The minimum absolute atomic E-state index is 0.312. The van der Waals surface area contributed by atoms with Crippen LogP contribution in [0.2, 0.25) is 10.0 Å². The summed E-state index contributed by atoms with van der Waals surface area (Å²) >= 11 is 13.5. The highest BCUT2D eigenvalue weighted by Gasteiger charge is 2.22. The third kappa shape index (κ3) is 4.35. The number of thiophene rings is 1. The van der Waals surface area contributed by atoms with Crippen LogP contribution in [-0.2, 0) is 22.4 Å². The van der Waals surface area contributed by atoms with Crippen LogP contribution in [0.25, 0.3) is 0 Å². The minimum atomic E-state index is -0.488. The molecule has 25 heavy (non-hydrogen) atoms. The average molecular weight is 398 g/mol. The summed E-state index contributed by atoms with van der Waals surface area (Å²) in [7, 11) is 0. The number of rotatable bonds is 4. The molecule has 1 aliphatic carbocycles. The molecule has 1 atom stereocenters. The first-order valence-electron chi connectivity index (χ1n) is 7.96. The molecule has 132 valence electrons. The van der Waals surface area contributed by atoms with Crippen molar-refractivity contribution >= 4 is 52.1 Å². The van der Waals surface area contributed by atoms with Crippen LogP contribution in [-0.4, -0.2) is 18.5 Å². The minimum Gasteiger partial charge on any atom is -0.451 e. The van der Waals surface area contributed by atoms with E-state index in [-0.39, 0.29) is 6.61 Å². The number of carbonyl (C=O) groups excluding carboxylic acids is 2. The van der Waals surface area contributed by atoms with Crippen LogP contribution in [0, 0.1) is 5.92 Å². The maximum absolute atomic E-state index is 12.2. The Bertz CT molecular complexity index is 798. The molecular formula is C18H17Cl2NO3S. The predicted octanol–water partition coefficient (Wildman–Crippen LogP) is 4.98. The van der Waals surface area contributed by atoms with Crippen molar-refractivity contribution in [2.75, 3.05) is 11.9 Å². The van der Waals surface area contributed by atoms with E-state index in [1.807, 2.05) is 6.07 Å². The van der Waals surface area contributed by atoms with Crippen molar-refractivity contribution in [2.45, 2.75) is 26.2 Å². The van der Waals surface area contributed by atoms with Crippen LogP contribution in [0.3, 0.4) is 0 Å². The maximum atomic E-state index is 12.2. The lowest BCUT2D eigenvalue weighted by atomic mass is 9.90. The van der Waals surface area contributed by atoms with Crippen LogP contribution < -0.4 is 5.32 Å². The van der Waals surface area contributed by atoms with Gasteiger partial charge in [0.2, 0.25) is 0 Å². The Hall–Kier alpha value is -1.56. The monoisotopic (exact) mass is 397 g/mol. The van der Waals surface area contributed by atoms with Crippen molar-refractivity contribution in [1.82, 2.24) is 0 Å². The van der Waals surface area contributed by atoms with E-state index < -0.39 is 11.9 Å². The van der Waals surface area contributed by atoms with Gasteiger partial charge >= 0.3 is 5.97 Å². The fraction of sp³-hybridized carbons (Fsp3) is 0.333. The SMILES string of the molecule is C[C@H]1CCc2sc(C(=O)OCC(=O)Nc3c(Cl)cccc3Cl)cc2C1. The summed E-state index contributed by atoms with van der Waals surface area (Å²) < 4.78 is 5.12. The molecule has 0 fully saturated rings. The van der Waals surface area contributed by atoms with Crippen LogP contribution in [0.5, 0.6) is 0 Å². The molecule has 0 unspecified atom stereocenters. The first-order valence-corrected chi connectivity index (χ1v) is 9.54. The van der Waals surface area contributed by atoms with Crippen molar-refractivity contribution in [3.8, 4) is 0 Å². The molecule has 1 amide bonds. The molecule has 1 aromatic carbocycles. The van der Waals surface area contributed by atoms with E-state index in [4.69, 9.17) is 27.9 Å². The van der Waals surface area contributed by atoms with E-state index in [9.17, 15) is 9.59 Å². The molecule has 0 radical (unpaired) electrons. The van der Waals surface area contributed by atoms with Gasteiger partial charge in [0.1, 0.15) is 4.88 Å². The number of amides is 1. The topological polar surface area (TPSA) is 55.4 Å². The van der Waals surface area contributed by atoms with E-state index in [0.717, 1.165) is 19.3 Å². The number of fused-ring (bicyclic) bond motifs is 1. The number of hydrogen-bond acceptors (Lipinski definition) is 4. The maximum Gasteiger partial charge on any atom is 0.348 e. The van der Waals surface area contributed by atoms with E-state index in [1.165, 1.54) is 21.8 Å². The zero-order chi connectivity index (χ0) is 18.0. The molecular weight excluding hydrogens is 381 g/mol. The van der Waals surface area contributed by atoms with Crippen LogP contribution in [0.15, 0.2) is 24.3 Å². The van der Waals surface area contributed by atoms with Crippen LogP contribution >= 0.6 is 34.5 Å². The van der Waals surface area contributed by atoms with Gasteiger partial charge in [-0.25, -0.2) is 4.79 Å². The molecule has 2 aromatic rings. The molecule has 1 aromatic heterocycles. The van der Waals surface area contributed by atoms with Gasteiger partial charge in [-0.15, -0.1) is 11.3 Å². The normalized spacial score (nSPS) is 16.2. The average Bonchev–Trinajstić information content (AvgIpc) is 2.99. The first-order chi connectivity index (χ1) is 11.9. The highest BCUT2D eigenvalue weighted by molar-refractivity contribution is 7.14. The molecule has 7 heteroatoms. The van der Waals surface area contributed by atoms with Crippen LogP contribution in [0.1, 0.15) is 33.5 Å². The predicted molar refractivity (Wildman–Crippen MR) is 101 cm³/mol. The molecule has 4 nitrogen and oxygen atoms in total. The van der Waals surface area contributed by atoms with E-state index >= 15 is 0 Å². The van der Waals surface area contributed by atoms with Crippen LogP contribution in [0.4, 0.5) is 5.69 Å².